The predicted molar refractivity (Wildman–Crippen MR) is 74.2 cm³/mol. The van der Waals surface area contributed by atoms with Crippen LogP contribution in [-0.4, -0.2) is 20.6 Å². The Kier molecular flexibility index (Phi) is 3.36. The normalized spacial score (nSPS) is 10.9. The summed E-state index contributed by atoms with van der Waals surface area (Å²) in [5, 5.41) is 8.86. The van der Waals surface area contributed by atoms with Gasteiger partial charge in [0.15, 0.2) is 11.2 Å². The van der Waals surface area contributed by atoms with Crippen LogP contribution in [0.1, 0.15) is 10.4 Å². The van der Waals surface area contributed by atoms with Crippen LogP contribution in [0.5, 0.6) is 0 Å². The molecular weight excluding hydrogens is 313 g/mol. The van der Waals surface area contributed by atoms with Gasteiger partial charge in [0.1, 0.15) is 11.6 Å². The van der Waals surface area contributed by atoms with E-state index in [1.165, 1.54) is 18.3 Å². The van der Waals surface area contributed by atoms with E-state index in [0.29, 0.717) is 10.6 Å². The summed E-state index contributed by atoms with van der Waals surface area (Å²) in [6, 6.07) is 4.93. The number of carboxylic acids is 1. The molecule has 1 aromatic carbocycles. The molecule has 3 rings (SSSR count). The maximum Gasteiger partial charge on any atom is 0.344 e. The van der Waals surface area contributed by atoms with Gasteiger partial charge < -0.3 is 5.11 Å². The number of fused-ring (bicyclic) bond motifs is 1. The summed E-state index contributed by atoms with van der Waals surface area (Å²) in [4.78, 5) is 27.1. The highest BCUT2D eigenvalue weighted by Gasteiger charge is 2.24. The SMILES string of the molecule is O=C(O)c1c(F)n(-c2ccc(F)cc2F)c2ncccc2c1=O. The van der Waals surface area contributed by atoms with Gasteiger partial charge in [0.05, 0.1) is 11.1 Å². The summed E-state index contributed by atoms with van der Waals surface area (Å²) in [5.41, 5.74) is -2.95. The Morgan fingerprint density at radius 1 is 1.17 bits per heavy atom. The first-order valence-corrected chi connectivity index (χ1v) is 6.29. The van der Waals surface area contributed by atoms with Crippen molar-refractivity contribution >= 4 is 17.0 Å². The van der Waals surface area contributed by atoms with Crippen LogP contribution in [0.25, 0.3) is 16.7 Å². The zero-order valence-electron chi connectivity index (χ0n) is 11.3. The second-order valence-electron chi connectivity index (χ2n) is 4.61. The lowest BCUT2D eigenvalue weighted by molar-refractivity contribution is 0.0689. The molecule has 116 valence electrons. The molecule has 3 aromatic rings. The highest BCUT2D eigenvalue weighted by molar-refractivity contribution is 5.92. The summed E-state index contributed by atoms with van der Waals surface area (Å²) in [6.07, 6.45) is 1.24. The third-order valence-electron chi connectivity index (χ3n) is 3.24. The molecule has 0 aliphatic heterocycles. The molecule has 0 bridgehead atoms. The lowest BCUT2D eigenvalue weighted by atomic mass is 10.1. The highest BCUT2D eigenvalue weighted by atomic mass is 19.1. The van der Waals surface area contributed by atoms with Crippen molar-refractivity contribution in [3.8, 4) is 5.69 Å². The topological polar surface area (TPSA) is 72.2 Å². The number of nitrogens with zero attached hydrogens (tertiary/aromatic N) is 2. The molecule has 2 heterocycles. The number of carbonyl (C=O) groups is 1. The Morgan fingerprint density at radius 2 is 1.91 bits per heavy atom. The van der Waals surface area contributed by atoms with E-state index in [-0.39, 0.29) is 11.0 Å². The summed E-state index contributed by atoms with van der Waals surface area (Å²) < 4.78 is 42.1. The minimum absolute atomic E-state index is 0.199. The summed E-state index contributed by atoms with van der Waals surface area (Å²) in [7, 11) is 0. The van der Waals surface area contributed by atoms with Gasteiger partial charge in [-0.15, -0.1) is 0 Å². The lowest BCUT2D eigenvalue weighted by Gasteiger charge is -2.14. The lowest BCUT2D eigenvalue weighted by Crippen LogP contribution is -2.23. The van der Waals surface area contributed by atoms with Gasteiger partial charge in [-0.25, -0.2) is 18.6 Å². The first-order valence-electron chi connectivity index (χ1n) is 6.29. The molecule has 0 amide bonds. The monoisotopic (exact) mass is 320 g/mol. The summed E-state index contributed by atoms with van der Waals surface area (Å²) in [6.45, 7) is 0. The number of aromatic carboxylic acids is 1. The van der Waals surface area contributed by atoms with Crippen LogP contribution in [0.2, 0.25) is 0 Å². The molecule has 0 atom stereocenters. The third-order valence-corrected chi connectivity index (χ3v) is 3.24. The largest absolute Gasteiger partial charge is 0.477 e. The van der Waals surface area contributed by atoms with Crippen LogP contribution in [-0.2, 0) is 0 Å². The van der Waals surface area contributed by atoms with E-state index in [0.717, 1.165) is 12.1 Å². The molecule has 5 nitrogen and oxygen atoms in total. The van der Waals surface area contributed by atoms with E-state index < -0.39 is 40.2 Å². The van der Waals surface area contributed by atoms with Gasteiger partial charge in [0, 0.05) is 12.3 Å². The number of rotatable bonds is 2. The highest BCUT2D eigenvalue weighted by Crippen LogP contribution is 2.22. The molecule has 1 N–H and O–H groups in total. The summed E-state index contributed by atoms with van der Waals surface area (Å²) in [5.74, 6) is -5.30. The van der Waals surface area contributed by atoms with Crippen LogP contribution in [0, 0.1) is 17.6 Å². The van der Waals surface area contributed by atoms with Crippen molar-refractivity contribution in [2.45, 2.75) is 0 Å². The van der Waals surface area contributed by atoms with Crippen LogP contribution in [0.3, 0.4) is 0 Å². The number of carboxylic acid groups (broad SMARTS) is 1. The van der Waals surface area contributed by atoms with Crippen LogP contribution < -0.4 is 5.43 Å². The molecule has 0 radical (unpaired) electrons. The van der Waals surface area contributed by atoms with Crippen molar-refractivity contribution in [2.75, 3.05) is 0 Å². The molecule has 0 aliphatic carbocycles. The molecule has 0 fully saturated rings. The average Bonchev–Trinajstić information content (AvgIpc) is 2.49. The Balaban J connectivity index is 2.54. The fraction of sp³-hybridized carbons (Fsp3) is 0. The quantitative estimate of drug-likeness (QED) is 0.736. The Bertz CT molecular complexity index is 1010. The predicted octanol–water partition coefficient (Wildman–Crippen LogP) is 2.50. The van der Waals surface area contributed by atoms with E-state index in [1.54, 1.807) is 0 Å². The Morgan fingerprint density at radius 3 is 2.57 bits per heavy atom. The standard InChI is InChI=1S/C15H7F3N2O3/c16-7-3-4-10(9(17)6-7)20-13(18)11(15(22)23)12(21)8-2-1-5-19-14(8)20/h1-6H,(H,22,23). The van der Waals surface area contributed by atoms with Crippen LogP contribution in [0.4, 0.5) is 13.2 Å². The number of halogens is 3. The average molecular weight is 320 g/mol. The molecule has 0 saturated carbocycles. The van der Waals surface area contributed by atoms with E-state index >= 15 is 0 Å². The Labute approximate surface area is 126 Å². The second kappa shape index (κ2) is 5.24. The zero-order chi connectivity index (χ0) is 16.7. The molecular formula is C15H7F3N2O3. The molecule has 2 aromatic heterocycles. The van der Waals surface area contributed by atoms with Gasteiger partial charge in [-0.1, -0.05) is 0 Å². The number of hydrogen-bond acceptors (Lipinski definition) is 3. The maximum absolute atomic E-state index is 14.6. The molecule has 0 saturated heterocycles. The van der Waals surface area contributed by atoms with Crippen LogP contribution >= 0.6 is 0 Å². The van der Waals surface area contributed by atoms with Crippen molar-refractivity contribution < 1.29 is 23.1 Å². The van der Waals surface area contributed by atoms with Crippen molar-refractivity contribution in [2.24, 2.45) is 0 Å². The third kappa shape index (κ3) is 2.24. The number of benzene rings is 1. The van der Waals surface area contributed by atoms with Crippen molar-refractivity contribution in [3.05, 3.63) is 69.9 Å². The van der Waals surface area contributed by atoms with E-state index in [4.69, 9.17) is 5.11 Å². The fourth-order valence-electron chi connectivity index (χ4n) is 2.25. The van der Waals surface area contributed by atoms with Gasteiger partial charge in [-0.2, -0.15) is 4.39 Å². The summed E-state index contributed by atoms with van der Waals surface area (Å²) >= 11 is 0. The van der Waals surface area contributed by atoms with E-state index in [9.17, 15) is 22.8 Å². The number of aromatic nitrogens is 2. The van der Waals surface area contributed by atoms with Gasteiger partial charge in [0.25, 0.3) is 0 Å². The van der Waals surface area contributed by atoms with Crippen molar-refractivity contribution in [1.82, 2.24) is 9.55 Å². The minimum atomic E-state index is -1.80. The fourth-order valence-corrected chi connectivity index (χ4v) is 2.25. The molecule has 23 heavy (non-hydrogen) atoms. The van der Waals surface area contributed by atoms with Gasteiger partial charge >= 0.3 is 5.97 Å². The van der Waals surface area contributed by atoms with Gasteiger partial charge in [0.2, 0.25) is 11.4 Å². The molecule has 8 heteroatoms. The van der Waals surface area contributed by atoms with Crippen molar-refractivity contribution in [3.63, 3.8) is 0 Å². The van der Waals surface area contributed by atoms with Gasteiger partial charge in [-0.05, 0) is 24.3 Å². The minimum Gasteiger partial charge on any atom is -0.477 e. The zero-order valence-corrected chi connectivity index (χ0v) is 11.3. The molecule has 0 spiro atoms. The number of pyridine rings is 2. The first-order chi connectivity index (χ1) is 10.9. The van der Waals surface area contributed by atoms with Crippen LogP contribution in [0.15, 0.2) is 41.3 Å². The molecule has 0 aliphatic rings. The van der Waals surface area contributed by atoms with E-state index in [2.05, 4.69) is 4.98 Å². The number of hydrogen-bond donors (Lipinski definition) is 1. The van der Waals surface area contributed by atoms with Gasteiger partial charge in [-0.3, -0.25) is 9.36 Å². The smallest absolute Gasteiger partial charge is 0.344 e. The van der Waals surface area contributed by atoms with E-state index in [1.807, 2.05) is 0 Å². The Hall–Kier alpha value is -3.16. The second-order valence-corrected chi connectivity index (χ2v) is 4.61. The van der Waals surface area contributed by atoms with Crippen molar-refractivity contribution in [1.29, 1.82) is 0 Å². The molecule has 0 unspecified atom stereocenters. The first kappa shape index (κ1) is 14.8. The maximum atomic E-state index is 14.6.